The van der Waals surface area contributed by atoms with Crippen LogP contribution in [0.25, 0.3) is 0 Å². The van der Waals surface area contributed by atoms with E-state index < -0.39 is 10.8 Å². The van der Waals surface area contributed by atoms with Gasteiger partial charge in [-0.25, -0.2) is 5.43 Å². The van der Waals surface area contributed by atoms with Gasteiger partial charge in [0.05, 0.1) is 11.1 Å². The number of hydrogen-bond donors (Lipinski definition) is 1. The summed E-state index contributed by atoms with van der Waals surface area (Å²) in [5, 5.41) is 15.2. The van der Waals surface area contributed by atoms with Gasteiger partial charge in [0.25, 0.3) is 11.6 Å². The fourth-order valence-corrected chi connectivity index (χ4v) is 1.98. The number of non-ortho nitro benzene ring substituents is 1. The van der Waals surface area contributed by atoms with E-state index in [1.54, 1.807) is 30.3 Å². The Morgan fingerprint density at radius 2 is 2.04 bits per heavy atom. The van der Waals surface area contributed by atoms with Crippen molar-refractivity contribution in [3.05, 3.63) is 81.4 Å². The van der Waals surface area contributed by atoms with Gasteiger partial charge in [-0.15, -0.1) is 0 Å². The molecule has 25 heavy (non-hydrogen) atoms. The summed E-state index contributed by atoms with van der Waals surface area (Å²) >= 11 is 5.76. The van der Waals surface area contributed by atoms with Crippen LogP contribution in [0.1, 0.15) is 15.9 Å². The third-order valence-electron chi connectivity index (χ3n) is 3.04. The second kappa shape index (κ2) is 8.60. The fraction of sp³-hybridized carbons (Fsp3) is 0.0588. The van der Waals surface area contributed by atoms with Crippen molar-refractivity contribution in [3.63, 3.8) is 0 Å². The molecule has 0 aliphatic heterocycles. The number of carbonyl (C=O) groups is 1. The molecule has 0 atom stereocenters. The lowest BCUT2D eigenvalue weighted by Crippen LogP contribution is -2.17. The topological polar surface area (TPSA) is 93.8 Å². The zero-order chi connectivity index (χ0) is 18.2. The predicted molar refractivity (Wildman–Crippen MR) is 95.3 cm³/mol. The lowest BCUT2D eigenvalue weighted by atomic mass is 10.2. The van der Waals surface area contributed by atoms with Crippen molar-refractivity contribution in [3.8, 4) is 5.75 Å². The minimum Gasteiger partial charge on any atom is -0.489 e. The van der Waals surface area contributed by atoms with Crippen LogP contribution in [0.2, 0.25) is 5.02 Å². The van der Waals surface area contributed by atoms with Crippen molar-refractivity contribution < 1.29 is 14.5 Å². The highest BCUT2D eigenvalue weighted by Gasteiger charge is 2.11. The first-order valence-corrected chi connectivity index (χ1v) is 7.50. The molecule has 0 bridgehead atoms. The van der Waals surface area contributed by atoms with Crippen molar-refractivity contribution in [1.29, 1.82) is 0 Å². The second-order valence-electron chi connectivity index (χ2n) is 4.78. The van der Waals surface area contributed by atoms with E-state index in [1.807, 2.05) is 0 Å². The molecule has 0 heterocycles. The maximum Gasteiger partial charge on any atom is 0.271 e. The molecule has 0 unspecified atom stereocenters. The molecule has 0 aliphatic rings. The Morgan fingerprint density at radius 3 is 2.68 bits per heavy atom. The van der Waals surface area contributed by atoms with Crippen molar-refractivity contribution in [1.82, 2.24) is 5.43 Å². The highest BCUT2D eigenvalue weighted by atomic mass is 35.5. The zero-order valence-corrected chi connectivity index (χ0v) is 13.8. The maximum absolute atomic E-state index is 12.0. The molecular weight excluding hydrogens is 346 g/mol. The monoisotopic (exact) mass is 359 g/mol. The van der Waals surface area contributed by atoms with Crippen LogP contribution in [-0.2, 0) is 0 Å². The van der Waals surface area contributed by atoms with Crippen LogP contribution in [0.15, 0.2) is 60.2 Å². The predicted octanol–water partition coefficient (Wildman–Crippen LogP) is 3.58. The van der Waals surface area contributed by atoms with E-state index in [4.69, 9.17) is 16.3 Å². The number of halogens is 1. The van der Waals surface area contributed by atoms with Gasteiger partial charge in [-0.05, 0) is 30.3 Å². The molecule has 2 aromatic carbocycles. The van der Waals surface area contributed by atoms with Crippen molar-refractivity contribution in [2.75, 3.05) is 6.61 Å². The van der Waals surface area contributed by atoms with Crippen molar-refractivity contribution in [2.24, 2.45) is 5.10 Å². The Bertz CT molecular complexity index is 819. The fourth-order valence-electron chi connectivity index (χ4n) is 1.86. The van der Waals surface area contributed by atoms with Gasteiger partial charge in [-0.2, -0.15) is 5.10 Å². The molecule has 0 spiro atoms. The number of nitro benzene ring substituents is 1. The lowest BCUT2D eigenvalue weighted by Gasteiger charge is -2.06. The first kappa shape index (κ1) is 18.2. The molecule has 0 saturated heterocycles. The minimum atomic E-state index is -0.527. The number of ether oxygens (including phenoxy) is 1. The summed E-state index contributed by atoms with van der Waals surface area (Å²) in [6.07, 6.45) is 2.82. The van der Waals surface area contributed by atoms with E-state index in [0.29, 0.717) is 21.9 Å². The molecule has 2 aromatic rings. The summed E-state index contributed by atoms with van der Waals surface area (Å²) in [5.41, 5.74) is 2.96. The molecule has 7 nitrogen and oxygen atoms in total. The van der Waals surface area contributed by atoms with Crippen LogP contribution in [-0.4, -0.2) is 23.7 Å². The Morgan fingerprint density at radius 1 is 1.32 bits per heavy atom. The average Bonchev–Trinajstić information content (AvgIpc) is 2.60. The van der Waals surface area contributed by atoms with Crippen LogP contribution in [0.3, 0.4) is 0 Å². The first-order chi connectivity index (χ1) is 12.0. The zero-order valence-electron chi connectivity index (χ0n) is 13.0. The van der Waals surface area contributed by atoms with E-state index >= 15 is 0 Å². The van der Waals surface area contributed by atoms with E-state index in [9.17, 15) is 14.9 Å². The van der Waals surface area contributed by atoms with Gasteiger partial charge < -0.3 is 4.74 Å². The quantitative estimate of drug-likeness (QED) is 0.354. The Kier molecular flexibility index (Phi) is 6.25. The van der Waals surface area contributed by atoms with E-state index in [-0.39, 0.29) is 12.3 Å². The highest BCUT2D eigenvalue weighted by Crippen LogP contribution is 2.22. The van der Waals surface area contributed by atoms with Gasteiger partial charge >= 0.3 is 0 Å². The molecule has 1 amide bonds. The maximum atomic E-state index is 12.0. The summed E-state index contributed by atoms with van der Waals surface area (Å²) in [5.74, 6) is -0.0538. The summed E-state index contributed by atoms with van der Waals surface area (Å²) in [6.45, 7) is 3.77. The van der Waals surface area contributed by atoms with Crippen LogP contribution in [0.5, 0.6) is 5.75 Å². The number of carbonyl (C=O) groups excluding carboxylic acids is 1. The first-order valence-electron chi connectivity index (χ1n) is 7.12. The number of amides is 1. The normalized spacial score (nSPS) is 10.4. The van der Waals surface area contributed by atoms with Crippen molar-refractivity contribution >= 4 is 29.4 Å². The molecule has 0 aromatic heterocycles. The number of rotatable bonds is 7. The van der Waals surface area contributed by atoms with Crippen LogP contribution < -0.4 is 10.2 Å². The minimum absolute atomic E-state index is 0.114. The van der Waals surface area contributed by atoms with Gasteiger partial charge in [-0.3, -0.25) is 14.9 Å². The molecule has 0 aliphatic carbocycles. The van der Waals surface area contributed by atoms with Gasteiger partial charge in [0.15, 0.2) is 0 Å². The van der Waals surface area contributed by atoms with Crippen molar-refractivity contribution in [2.45, 2.75) is 0 Å². The number of nitrogens with zero attached hydrogens (tertiary/aromatic N) is 2. The largest absolute Gasteiger partial charge is 0.489 e. The van der Waals surface area contributed by atoms with Crippen LogP contribution in [0.4, 0.5) is 5.69 Å². The molecule has 2 rings (SSSR count). The molecular formula is C17H14ClN3O4. The standard InChI is InChI=1S/C17H14ClN3O4/c1-2-9-25-16-8-7-15(21(23)24)10-13(16)11-19-20-17(22)12-3-5-14(18)6-4-12/h2-8,10-11H,1,9H2,(H,20,22). The molecule has 8 heteroatoms. The molecule has 128 valence electrons. The summed E-state index contributed by atoms with van der Waals surface area (Å²) < 4.78 is 5.42. The van der Waals surface area contributed by atoms with Crippen LogP contribution >= 0.6 is 11.6 Å². The number of nitrogens with one attached hydrogen (secondary N) is 1. The smallest absolute Gasteiger partial charge is 0.271 e. The summed E-state index contributed by atoms with van der Waals surface area (Å²) in [7, 11) is 0. The Balaban J connectivity index is 2.15. The molecule has 1 N–H and O–H groups in total. The van der Waals surface area contributed by atoms with Crippen LogP contribution in [0, 0.1) is 10.1 Å². The van der Waals surface area contributed by atoms with E-state index in [2.05, 4.69) is 17.1 Å². The molecule has 0 radical (unpaired) electrons. The number of benzene rings is 2. The van der Waals surface area contributed by atoms with E-state index in [1.165, 1.54) is 24.4 Å². The SMILES string of the molecule is C=CCOc1ccc([N+](=O)[O-])cc1C=NNC(=O)c1ccc(Cl)cc1. The molecule has 0 fully saturated rings. The number of nitro groups is 1. The molecule has 0 saturated carbocycles. The van der Waals surface area contributed by atoms with Gasteiger partial charge in [0, 0.05) is 28.3 Å². The number of hydrazone groups is 1. The van der Waals surface area contributed by atoms with Gasteiger partial charge in [0.1, 0.15) is 12.4 Å². The third-order valence-corrected chi connectivity index (χ3v) is 3.29. The lowest BCUT2D eigenvalue weighted by molar-refractivity contribution is -0.384. The average molecular weight is 360 g/mol. The third kappa shape index (κ3) is 5.15. The Hall–Kier alpha value is -3.19. The number of hydrogen-bond acceptors (Lipinski definition) is 5. The summed E-state index contributed by atoms with van der Waals surface area (Å²) in [4.78, 5) is 22.3. The summed E-state index contributed by atoms with van der Waals surface area (Å²) in [6, 6.07) is 10.4. The van der Waals surface area contributed by atoms with E-state index in [0.717, 1.165) is 0 Å². The highest BCUT2D eigenvalue weighted by molar-refractivity contribution is 6.30. The van der Waals surface area contributed by atoms with Gasteiger partial charge in [-0.1, -0.05) is 24.3 Å². The second-order valence-corrected chi connectivity index (χ2v) is 5.22. The Labute approximate surface area is 148 Å². The van der Waals surface area contributed by atoms with Gasteiger partial charge in [0.2, 0.25) is 0 Å².